The molecule has 0 aliphatic rings. The van der Waals surface area contributed by atoms with Crippen LogP contribution in [0, 0.1) is 0 Å². The summed E-state index contributed by atoms with van der Waals surface area (Å²) in [5, 5.41) is 3.97. The third-order valence-corrected chi connectivity index (χ3v) is 7.47. The van der Waals surface area contributed by atoms with E-state index in [4.69, 9.17) is 34.8 Å². The van der Waals surface area contributed by atoms with Crippen molar-refractivity contribution in [2.75, 3.05) is 23.7 Å². The minimum atomic E-state index is -3.59. The van der Waals surface area contributed by atoms with E-state index < -0.39 is 16.1 Å². The molecule has 2 rings (SSSR count). The molecule has 7 nitrogen and oxygen atoms in total. The third kappa shape index (κ3) is 8.86. The molecule has 0 heterocycles. The summed E-state index contributed by atoms with van der Waals surface area (Å²) in [6.45, 7) is 4.34. The van der Waals surface area contributed by atoms with E-state index in [2.05, 4.69) is 5.32 Å². The number of sulfonamides is 1. The van der Waals surface area contributed by atoms with Crippen LogP contribution in [0.5, 0.6) is 0 Å². The van der Waals surface area contributed by atoms with Crippen LogP contribution in [0.3, 0.4) is 0 Å². The molecule has 192 valence electrons. The number of rotatable bonds is 12. The fraction of sp³-hybridized carbons (Fsp3) is 0.417. The zero-order valence-corrected chi connectivity index (χ0v) is 23.0. The molecule has 0 fully saturated rings. The lowest BCUT2D eigenvalue weighted by Crippen LogP contribution is -2.47. The van der Waals surface area contributed by atoms with Gasteiger partial charge in [-0.2, -0.15) is 0 Å². The normalized spacial score (nSPS) is 12.2. The smallest absolute Gasteiger partial charge is 0.242 e. The SMILES string of the molecule is CCCNC(=O)C(C)N(Cc1ccc(Cl)c(Cl)c1)C(=O)CCCN(c1cccc(Cl)c1)S(C)(=O)=O. The van der Waals surface area contributed by atoms with Crippen LogP contribution >= 0.6 is 34.8 Å². The van der Waals surface area contributed by atoms with Crippen molar-refractivity contribution in [3.63, 3.8) is 0 Å². The molecular weight excluding hydrogens is 533 g/mol. The van der Waals surface area contributed by atoms with Gasteiger partial charge in [0.25, 0.3) is 0 Å². The number of anilines is 1. The Hall–Kier alpha value is -2.00. The Kier molecular flexibility index (Phi) is 11.1. The molecule has 0 aliphatic heterocycles. The highest BCUT2D eigenvalue weighted by atomic mass is 35.5. The van der Waals surface area contributed by atoms with Crippen molar-refractivity contribution in [1.82, 2.24) is 10.2 Å². The third-order valence-electron chi connectivity index (χ3n) is 5.30. The topological polar surface area (TPSA) is 86.8 Å². The molecule has 0 bridgehead atoms. The molecule has 35 heavy (non-hydrogen) atoms. The average molecular weight is 563 g/mol. The first kappa shape index (κ1) is 29.2. The number of carbonyl (C=O) groups excluding carboxylic acids is 2. The monoisotopic (exact) mass is 561 g/mol. The van der Waals surface area contributed by atoms with E-state index in [9.17, 15) is 18.0 Å². The number of hydrogen-bond donors (Lipinski definition) is 1. The molecular formula is C24H30Cl3N3O4S. The minimum absolute atomic E-state index is 0.0410. The van der Waals surface area contributed by atoms with E-state index >= 15 is 0 Å². The predicted octanol–water partition coefficient (Wildman–Crippen LogP) is 5.14. The molecule has 0 radical (unpaired) electrons. The first-order valence-corrected chi connectivity index (χ1v) is 14.2. The summed E-state index contributed by atoms with van der Waals surface area (Å²) < 4.78 is 25.9. The van der Waals surface area contributed by atoms with E-state index in [1.807, 2.05) is 6.92 Å². The van der Waals surface area contributed by atoms with Crippen molar-refractivity contribution in [1.29, 1.82) is 0 Å². The van der Waals surface area contributed by atoms with Gasteiger partial charge in [0.2, 0.25) is 21.8 Å². The maximum atomic E-state index is 13.2. The van der Waals surface area contributed by atoms with Crippen molar-refractivity contribution < 1.29 is 18.0 Å². The van der Waals surface area contributed by atoms with Gasteiger partial charge in [-0.3, -0.25) is 13.9 Å². The molecule has 2 amide bonds. The molecule has 0 aromatic heterocycles. The van der Waals surface area contributed by atoms with Gasteiger partial charge in [0.1, 0.15) is 6.04 Å². The van der Waals surface area contributed by atoms with E-state index in [0.717, 1.165) is 18.2 Å². The second-order valence-electron chi connectivity index (χ2n) is 8.16. The molecule has 0 saturated carbocycles. The summed E-state index contributed by atoms with van der Waals surface area (Å²) in [6.07, 6.45) is 2.16. The van der Waals surface area contributed by atoms with Crippen molar-refractivity contribution in [2.45, 2.75) is 45.7 Å². The predicted molar refractivity (Wildman–Crippen MR) is 143 cm³/mol. The minimum Gasteiger partial charge on any atom is -0.354 e. The maximum Gasteiger partial charge on any atom is 0.242 e. The van der Waals surface area contributed by atoms with Gasteiger partial charge in [0, 0.05) is 31.1 Å². The molecule has 11 heteroatoms. The summed E-state index contributed by atoms with van der Waals surface area (Å²) in [7, 11) is -3.59. The zero-order chi connectivity index (χ0) is 26.2. The van der Waals surface area contributed by atoms with Crippen molar-refractivity contribution >= 4 is 62.3 Å². The first-order chi connectivity index (χ1) is 16.4. The van der Waals surface area contributed by atoms with Gasteiger partial charge < -0.3 is 10.2 Å². The van der Waals surface area contributed by atoms with Crippen LogP contribution in [0.1, 0.15) is 38.7 Å². The molecule has 2 aromatic rings. The standard InChI is InChI=1S/C24H30Cl3N3O4S/c1-4-12-28-24(32)17(2)29(16-18-10-11-21(26)22(27)14-18)23(31)9-6-13-30(35(3,33)34)20-8-5-7-19(25)15-20/h5,7-8,10-11,14-15,17H,4,6,9,12-13,16H2,1-3H3,(H,28,32). The van der Waals surface area contributed by atoms with Gasteiger partial charge >= 0.3 is 0 Å². The summed E-state index contributed by atoms with van der Waals surface area (Å²) in [5.74, 6) is -0.549. The molecule has 0 spiro atoms. The Bertz CT molecular complexity index is 1140. The lowest BCUT2D eigenvalue weighted by Gasteiger charge is -2.29. The Labute approximate surface area is 222 Å². The lowest BCUT2D eigenvalue weighted by atomic mass is 10.1. The van der Waals surface area contributed by atoms with Crippen LogP contribution < -0.4 is 9.62 Å². The number of carbonyl (C=O) groups is 2. The summed E-state index contributed by atoms with van der Waals surface area (Å²) in [4.78, 5) is 27.3. The zero-order valence-electron chi connectivity index (χ0n) is 19.9. The highest BCUT2D eigenvalue weighted by Gasteiger charge is 2.26. The van der Waals surface area contributed by atoms with Crippen molar-refractivity contribution in [3.05, 3.63) is 63.1 Å². The van der Waals surface area contributed by atoms with E-state index in [0.29, 0.717) is 27.3 Å². The van der Waals surface area contributed by atoms with Crippen LogP contribution in [0.4, 0.5) is 5.69 Å². The molecule has 1 N–H and O–H groups in total. The Morgan fingerprint density at radius 1 is 1.06 bits per heavy atom. The number of benzene rings is 2. The Morgan fingerprint density at radius 3 is 2.37 bits per heavy atom. The van der Waals surface area contributed by atoms with Crippen molar-refractivity contribution in [2.24, 2.45) is 0 Å². The quantitative estimate of drug-likeness (QED) is 0.388. The molecule has 2 aromatic carbocycles. The van der Waals surface area contributed by atoms with Gasteiger partial charge in [-0.25, -0.2) is 8.42 Å². The Balaban J connectivity index is 2.18. The average Bonchev–Trinajstić information content (AvgIpc) is 2.79. The second kappa shape index (κ2) is 13.3. The largest absolute Gasteiger partial charge is 0.354 e. The second-order valence-corrected chi connectivity index (χ2v) is 11.3. The van der Waals surface area contributed by atoms with Crippen molar-refractivity contribution in [3.8, 4) is 0 Å². The number of nitrogens with zero attached hydrogens (tertiary/aromatic N) is 2. The van der Waals surface area contributed by atoms with E-state index in [-0.39, 0.29) is 37.7 Å². The molecule has 1 unspecified atom stereocenters. The lowest BCUT2D eigenvalue weighted by molar-refractivity contribution is -0.140. The summed E-state index contributed by atoms with van der Waals surface area (Å²) >= 11 is 18.2. The number of hydrogen-bond acceptors (Lipinski definition) is 4. The van der Waals surface area contributed by atoms with Crippen LogP contribution in [0.25, 0.3) is 0 Å². The molecule has 0 aliphatic carbocycles. The van der Waals surface area contributed by atoms with Gasteiger partial charge in [-0.15, -0.1) is 0 Å². The van der Waals surface area contributed by atoms with Gasteiger partial charge in [0.05, 0.1) is 22.0 Å². The number of amides is 2. The fourth-order valence-electron chi connectivity index (χ4n) is 3.45. The summed E-state index contributed by atoms with van der Waals surface area (Å²) in [5.41, 5.74) is 1.15. The van der Waals surface area contributed by atoms with Crippen LogP contribution in [0.15, 0.2) is 42.5 Å². The van der Waals surface area contributed by atoms with Crippen LogP contribution in [-0.2, 0) is 26.2 Å². The number of nitrogens with one attached hydrogen (secondary N) is 1. The van der Waals surface area contributed by atoms with E-state index in [1.165, 1.54) is 9.21 Å². The summed E-state index contributed by atoms with van der Waals surface area (Å²) in [6, 6.07) is 10.8. The van der Waals surface area contributed by atoms with Crippen LogP contribution in [0.2, 0.25) is 15.1 Å². The van der Waals surface area contributed by atoms with E-state index in [1.54, 1.807) is 49.4 Å². The maximum absolute atomic E-state index is 13.2. The fourth-order valence-corrected chi connectivity index (χ4v) is 4.91. The molecule has 0 saturated heterocycles. The van der Waals surface area contributed by atoms with Crippen LogP contribution in [-0.4, -0.2) is 50.5 Å². The highest BCUT2D eigenvalue weighted by molar-refractivity contribution is 7.92. The molecule has 1 atom stereocenters. The van der Waals surface area contributed by atoms with Gasteiger partial charge in [-0.05, 0) is 55.7 Å². The first-order valence-electron chi connectivity index (χ1n) is 11.2. The highest BCUT2D eigenvalue weighted by Crippen LogP contribution is 2.25. The Morgan fingerprint density at radius 2 is 1.77 bits per heavy atom. The van der Waals surface area contributed by atoms with Gasteiger partial charge in [0.15, 0.2) is 0 Å². The van der Waals surface area contributed by atoms with Gasteiger partial charge in [-0.1, -0.05) is 53.9 Å². The number of halogens is 3.